The number of ether oxygens (including phenoxy) is 1. The number of nitrogens with one attached hydrogen (secondary N) is 2. The third kappa shape index (κ3) is 10.4. The molecule has 0 aromatic heterocycles. The molecule has 2 aliphatic carbocycles. The Morgan fingerprint density at radius 3 is 2.35 bits per heavy atom. The molecular formula is C47H53ClN6O6. The van der Waals surface area contributed by atoms with E-state index in [0.29, 0.717) is 45.4 Å². The highest BCUT2D eigenvalue weighted by atomic mass is 35.5. The standard InChI is InChI=1S/C33H39ClN4O2.C14H14N2O4/c1-37-17-15-29(16-18-37)38-19-13-25(14-20-38)6-5-24-7-9-26(10-8-24)33(39)36-28-3-2-4-30(21-28)40-31-12-11-27(23-35)32(34)22-31;1-7-2-3-8-9(6-7)14(20)16(13(8)19)10-4-5-11(17)15-12(10)18/h7-12,22,25,28-30H,2-4,13-21H2,1H3,(H,36,39);3,6-7,10H,2,4-5H2,1H3,(H,15,17,18). The van der Waals surface area contributed by atoms with Crippen LogP contribution >= 0.6 is 11.6 Å². The molecule has 4 unspecified atom stereocenters. The van der Waals surface area contributed by atoms with E-state index in [-0.39, 0.29) is 42.7 Å². The van der Waals surface area contributed by atoms with Crippen LogP contribution in [-0.4, -0.2) is 102 Å². The summed E-state index contributed by atoms with van der Waals surface area (Å²) >= 11 is 6.15. The van der Waals surface area contributed by atoms with Gasteiger partial charge in [-0.3, -0.25) is 34.2 Å². The lowest BCUT2D eigenvalue weighted by molar-refractivity contribution is -0.149. The summed E-state index contributed by atoms with van der Waals surface area (Å²) in [7, 11) is 2.22. The maximum absolute atomic E-state index is 12.9. The fourth-order valence-electron chi connectivity index (χ4n) is 8.97. The zero-order valence-electron chi connectivity index (χ0n) is 34.4. The average Bonchev–Trinajstić information content (AvgIpc) is 3.48. The molecule has 4 atom stereocenters. The number of nitriles is 1. The molecule has 12 nitrogen and oxygen atoms in total. The molecule has 4 heterocycles. The first-order valence-corrected chi connectivity index (χ1v) is 21.7. The Morgan fingerprint density at radius 2 is 1.65 bits per heavy atom. The van der Waals surface area contributed by atoms with Crippen molar-refractivity contribution < 1.29 is 28.7 Å². The van der Waals surface area contributed by atoms with Gasteiger partial charge in [-0.05, 0) is 133 Å². The molecule has 4 saturated heterocycles. The molecule has 1 saturated carbocycles. The minimum Gasteiger partial charge on any atom is -0.490 e. The number of hydrogen-bond donors (Lipinski definition) is 2. The van der Waals surface area contributed by atoms with Gasteiger partial charge in [-0.25, -0.2) is 0 Å². The SMILES string of the molecule is CC1C=C2C(=O)N(C3CCC(=O)NC3=O)C(=O)C2=CC1.CN1CCC(N2CCC(C#Cc3ccc(C(=O)NC4CCCC(Oc5ccc(C#N)c(Cl)c5)C4)cc3)CC2)CC1. The van der Waals surface area contributed by atoms with Gasteiger partial charge in [0.25, 0.3) is 17.7 Å². The zero-order valence-corrected chi connectivity index (χ0v) is 35.1. The number of nitrogens with zero attached hydrogens (tertiary/aromatic N) is 4. The van der Waals surface area contributed by atoms with Crippen LogP contribution in [0.3, 0.4) is 0 Å². The number of piperidine rings is 3. The van der Waals surface area contributed by atoms with Gasteiger partial charge in [-0.1, -0.05) is 42.5 Å². The van der Waals surface area contributed by atoms with E-state index in [0.717, 1.165) is 68.1 Å². The number of imide groups is 2. The lowest BCUT2D eigenvalue weighted by Gasteiger charge is -2.40. The van der Waals surface area contributed by atoms with Crippen molar-refractivity contribution in [1.82, 2.24) is 25.3 Å². The van der Waals surface area contributed by atoms with E-state index in [1.807, 2.05) is 31.2 Å². The van der Waals surface area contributed by atoms with E-state index >= 15 is 0 Å². The van der Waals surface area contributed by atoms with Crippen molar-refractivity contribution in [3.63, 3.8) is 0 Å². The number of likely N-dealkylation sites (tertiary alicyclic amines) is 3. The largest absolute Gasteiger partial charge is 0.490 e. The predicted octanol–water partition coefficient (Wildman–Crippen LogP) is 5.54. The average molecular weight is 833 g/mol. The van der Waals surface area contributed by atoms with Crippen LogP contribution in [0, 0.1) is 35.0 Å². The van der Waals surface area contributed by atoms with Gasteiger partial charge in [-0.2, -0.15) is 5.26 Å². The highest BCUT2D eigenvalue weighted by Crippen LogP contribution is 2.34. The van der Waals surface area contributed by atoms with Crippen LogP contribution in [-0.2, 0) is 19.2 Å². The van der Waals surface area contributed by atoms with Crippen LogP contribution < -0.4 is 15.4 Å². The molecule has 314 valence electrons. The molecule has 2 N–H and O–H groups in total. The molecule has 60 heavy (non-hydrogen) atoms. The predicted molar refractivity (Wildman–Crippen MR) is 226 cm³/mol. The summed E-state index contributed by atoms with van der Waals surface area (Å²) in [4.78, 5) is 66.7. The topological polar surface area (TPSA) is 152 Å². The van der Waals surface area contributed by atoms with Crippen LogP contribution in [0.15, 0.2) is 65.8 Å². The third-order valence-corrected chi connectivity index (χ3v) is 12.8. The Morgan fingerprint density at radius 1 is 0.917 bits per heavy atom. The Balaban J connectivity index is 0.000000227. The third-order valence-electron chi connectivity index (χ3n) is 12.5. The number of allylic oxidation sites excluding steroid dienone is 2. The Bertz CT molecular complexity index is 2150. The summed E-state index contributed by atoms with van der Waals surface area (Å²) in [6.07, 6.45) is 13.0. The molecule has 0 radical (unpaired) electrons. The number of hydrogen-bond acceptors (Lipinski definition) is 9. The normalized spacial score (nSPS) is 25.3. The lowest BCUT2D eigenvalue weighted by Crippen LogP contribution is -2.54. The highest BCUT2D eigenvalue weighted by Gasteiger charge is 2.47. The van der Waals surface area contributed by atoms with Crippen LogP contribution in [0.25, 0.3) is 0 Å². The molecule has 0 bridgehead atoms. The fraction of sp³-hybridized carbons (Fsp3) is 0.489. The molecular weight excluding hydrogens is 780 g/mol. The van der Waals surface area contributed by atoms with E-state index in [2.05, 4.69) is 45.4 Å². The molecule has 2 aromatic carbocycles. The van der Waals surface area contributed by atoms with Crippen LogP contribution in [0.5, 0.6) is 5.75 Å². The number of carbonyl (C=O) groups is 5. The summed E-state index contributed by atoms with van der Waals surface area (Å²) in [5, 5.41) is 14.8. The van der Waals surface area contributed by atoms with Crippen molar-refractivity contribution in [3.05, 3.63) is 87.5 Å². The van der Waals surface area contributed by atoms with Crippen molar-refractivity contribution >= 4 is 41.1 Å². The summed E-state index contributed by atoms with van der Waals surface area (Å²) in [6, 6.07) is 14.8. The molecule has 13 heteroatoms. The number of amides is 5. The van der Waals surface area contributed by atoms with E-state index < -0.39 is 23.8 Å². The van der Waals surface area contributed by atoms with Gasteiger partial charge in [0, 0.05) is 59.2 Å². The van der Waals surface area contributed by atoms with E-state index in [4.69, 9.17) is 21.6 Å². The van der Waals surface area contributed by atoms with E-state index in [1.54, 1.807) is 30.4 Å². The minimum absolute atomic E-state index is 0.00283. The second-order valence-electron chi connectivity index (χ2n) is 16.9. The van der Waals surface area contributed by atoms with Gasteiger partial charge in [0.15, 0.2) is 0 Å². The second-order valence-corrected chi connectivity index (χ2v) is 17.3. The molecule has 4 aliphatic heterocycles. The number of halogens is 1. The number of rotatable bonds is 6. The maximum atomic E-state index is 12.9. The molecule has 5 fully saturated rings. The van der Waals surface area contributed by atoms with E-state index in [1.165, 1.54) is 25.9 Å². The lowest BCUT2D eigenvalue weighted by atomic mass is 9.92. The van der Waals surface area contributed by atoms with Gasteiger partial charge in [-0.15, -0.1) is 0 Å². The summed E-state index contributed by atoms with van der Waals surface area (Å²) in [5.74, 6) is 6.29. The first-order chi connectivity index (χ1) is 28.9. The molecule has 6 aliphatic rings. The molecule has 5 amide bonds. The van der Waals surface area contributed by atoms with Crippen molar-refractivity contribution in [2.75, 3.05) is 33.2 Å². The Kier molecular flexibility index (Phi) is 13.9. The van der Waals surface area contributed by atoms with Crippen LogP contribution in [0.1, 0.15) is 99.0 Å². The number of carbonyl (C=O) groups excluding carboxylic acids is 5. The highest BCUT2D eigenvalue weighted by molar-refractivity contribution is 6.31. The van der Waals surface area contributed by atoms with Gasteiger partial charge < -0.3 is 19.9 Å². The van der Waals surface area contributed by atoms with Gasteiger partial charge in [0.1, 0.15) is 24.0 Å². The van der Waals surface area contributed by atoms with E-state index in [9.17, 15) is 24.0 Å². The first-order valence-electron chi connectivity index (χ1n) is 21.3. The minimum atomic E-state index is -0.879. The zero-order chi connectivity index (χ0) is 42.3. The number of benzene rings is 2. The van der Waals surface area contributed by atoms with Crippen molar-refractivity contribution in [1.29, 1.82) is 5.26 Å². The fourth-order valence-corrected chi connectivity index (χ4v) is 9.18. The quantitative estimate of drug-likeness (QED) is 0.282. The van der Waals surface area contributed by atoms with Gasteiger partial charge in [0.2, 0.25) is 11.8 Å². The molecule has 0 spiro atoms. The monoisotopic (exact) mass is 832 g/mol. The van der Waals surface area contributed by atoms with Crippen LogP contribution in [0.2, 0.25) is 5.02 Å². The second kappa shape index (κ2) is 19.4. The maximum Gasteiger partial charge on any atom is 0.261 e. The number of fused-ring (bicyclic) bond motifs is 1. The summed E-state index contributed by atoms with van der Waals surface area (Å²) in [6.45, 7) is 6.70. The van der Waals surface area contributed by atoms with Crippen molar-refractivity contribution in [2.24, 2.45) is 11.8 Å². The van der Waals surface area contributed by atoms with Crippen molar-refractivity contribution in [2.45, 2.75) is 102 Å². The first kappa shape index (κ1) is 42.8. The molecule has 2 aromatic rings. The Labute approximate surface area is 357 Å². The Hall–Kier alpha value is -5.27. The summed E-state index contributed by atoms with van der Waals surface area (Å²) < 4.78 is 6.12. The summed E-state index contributed by atoms with van der Waals surface area (Å²) in [5.41, 5.74) is 2.82. The smallest absolute Gasteiger partial charge is 0.261 e. The van der Waals surface area contributed by atoms with Gasteiger partial charge in [0.05, 0.1) is 10.6 Å². The molecule has 8 rings (SSSR count). The van der Waals surface area contributed by atoms with Gasteiger partial charge >= 0.3 is 0 Å². The van der Waals surface area contributed by atoms with Crippen molar-refractivity contribution in [3.8, 4) is 23.7 Å². The van der Waals surface area contributed by atoms with Crippen LogP contribution in [0.4, 0.5) is 0 Å².